The zero-order chi connectivity index (χ0) is 19.7. The molecule has 28 heavy (non-hydrogen) atoms. The summed E-state index contributed by atoms with van der Waals surface area (Å²) in [7, 11) is 0. The van der Waals surface area contributed by atoms with Crippen LogP contribution < -0.4 is 0 Å². The fraction of sp³-hybridized carbons (Fsp3) is 0.421. The van der Waals surface area contributed by atoms with E-state index in [4.69, 9.17) is 4.42 Å². The SMILES string of the molecule is Cc1nnc(CN2CCN(C(=O)CCN3C(=O)c4ccccc4C3=O)CC2)o1. The van der Waals surface area contributed by atoms with Gasteiger partial charge in [0.05, 0.1) is 17.7 Å². The quantitative estimate of drug-likeness (QED) is 0.701. The maximum Gasteiger partial charge on any atom is 0.261 e. The van der Waals surface area contributed by atoms with Crippen LogP contribution in [0.4, 0.5) is 0 Å². The van der Waals surface area contributed by atoms with Crippen molar-refractivity contribution in [1.82, 2.24) is 24.9 Å². The second kappa shape index (κ2) is 7.51. The van der Waals surface area contributed by atoms with Crippen LogP contribution in [-0.2, 0) is 11.3 Å². The minimum atomic E-state index is -0.326. The Bertz CT molecular complexity index is 882. The standard InChI is InChI=1S/C19H21N5O4/c1-13-20-21-16(28-13)12-22-8-10-23(11-9-22)17(25)6-7-24-18(26)14-4-2-3-5-15(14)19(24)27/h2-5H,6-12H2,1H3. The van der Waals surface area contributed by atoms with Crippen LogP contribution in [0.15, 0.2) is 28.7 Å². The van der Waals surface area contributed by atoms with Crippen LogP contribution in [0.3, 0.4) is 0 Å². The summed E-state index contributed by atoms with van der Waals surface area (Å²) in [5.41, 5.74) is 0.814. The van der Waals surface area contributed by atoms with Gasteiger partial charge in [-0.25, -0.2) is 0 Å². The molecule has 0 N–H and O–H groups in total. The number of nitrogens with zero attached hydrogens (tertiary/aromatic N) is 5. The summed E-state index contributed by atoms with van der Waals surface area (Å²) in [6.45, 7) is 5.02. The molecular formula is C19H21N5O4. The van der Waals surface area contributed by atoms with E-state index in [-0.39, 0.29) is 30.7 Å². The number of rotatable bonds is 5. The summed E-state index contributed by atoms with van der Waals surface area (Å²) in [5.74, 6) is 0.408. The maximum absolute atomic E-state index is 12.5. The predicted octanol–water partition coefficient (Wildman–Crippen LogP) is 0.709. The number of fused-ring (bicyclic) bond motifs is 1. The minimum absolute atomic E-state index is 0.0511. The second-order valence-electron chi connectivity index (χ2n) is 6.93. The number of amides is 3. The lowest BCUT2D eigenvalue weighted by molar-refractivity contribution is -0.133. The number of aromatic nitrogens is 2. The molecule has 3 heterocycles. The van der Waals surface area contributed by atoms with Gasteiger partial charge in [-0.3, -0.25) is 24.2 Å². The number of benzene rings is 1. The average Bonchev–Trinajstić information content (AvgIpc) is 3.22. The smallest absolute Gasteiger partial charge is 0.261 e. The van der Waals surface area contributed by atoms with Crippen LogP contribution >= 0.6 is 0 Å². The highest BCUT2D eigenvalue weighted by molar-refractivity contribution is 6.21. The molecule has 9 nitrogen and oxygen atoms in total. The molecule has 146 valence electrons. The van der Waals surface area contributed by atoms with E-state index in [1.807, 2.05) is 0 Å². The van der Waals surface area contributed by atoms with E-state index in [1.54, 1.807) is 36.1 Å². The van der Waals surface area contributed by atoms with Crippen molar-refractivity contribution in [3.63, 3.8) is 0 Å². The highest BCUT2D eigenvalue weighted by Gasteiger charge is 2.35. The van der Waals surface area contributed by atoms with Gasteiger partial charge in [0, 0.05) is 46.1 Å². The summed E-state index contributed by atoms with van der Waals surface area (Å²) in [6, 6.07) is 6.74. The molecule has 0 saturated carbocycles. The molecule has 3 amide bonds. The predicted molar refractivity (Wildman–Crippen MR) is 97.3 cm³/mol. The van der Waals surface area contributed by atoms with E-state index in [9.17, 15) is 14.4 Å². The number of carbonyl (C=O) groups excluding carboxylic acids is 3. The molecule has 1 saturated heterocycles. The van der Waals surface area contributed by atoms with Crippen LogP contribution in [-0.4, -0.2) is 75.3 Å². The third kappa shape index (κ3) is 3.53. The number of piperazine rings is 1. The Morgan fingerprint density at radius 3 is 2.25 bits per heavy atom. The Morgan fingerprint density at radius 2 is 1.68 bits per heavy atom. The van der Waals surface area contributed by atoms with E-state index in [2.05, 4.69) is 15.1 Å². The lowest BCUT2D eigenvalue weighted by atomic mass is 10.1. The van der Waals surface area contributed by atoms with Crippen molar-refractivity contribution in [2.45, 2.75) is 19.9 Å². The highest BCUT2D eigenvalue weighted by Crippen LogP contribution is 2.22. The molecule has 0 atom stereocenters. The average molecular weight is 383 g/mol. The van der Waals surface area contributed by atoms with E-state index >= 15 is 0 Å². The Labute approximate surface area is 161 Å². The number of aryl methyl sites for hydroxylation is 1. The van der Waals surface area contributed by atoms with Crippen LogP contribution in [0.1, 0.15) is 38.9 Å². The molecular weight excluding hydrogens is 362 g/mol. The normalized spacial score (nSPS) is 17.3. The molecule has 0 aliphatic carbocycles. The lowest BCUT2D eigenvalue weighted by Gasteiger charge is -2.34. The van der Waals surface area contributed by atoms with Gasteiger partial charge in [0.25, 0.3) is 11.8 Å². The summed E-state index contributed by atoms with van der Waals surface area (Å²) < 4.78 is 5.39. The molecule has 1 fully saturated rings. The van der Waals surface area contributed by atoms with E-state index in [1.165, 1.54) is 0 Å². The van der Waals surface area contributed by atoms with Gasteiger partial charge >= 0.3 is 0 Å². The number of hydrogen-bond donors (Lipinski definition) is 0. The van der Waals surface area contributed by atoms with Crippen molar-refractivity contribution >= 4 is 17.7 Å². The van der Waals surface area contributed by atoms with E-state index in [0.717, 1.165) is 4.90 Å². The molecule has 4 rings (SSSR count). The molecule has 0 spiro atoms. The van der Waals surface area contributed by atoms with E-state index in [0.29, 0.717) is 55.6 Å². The molecule has 2 aromatic rings. The van der Waals surface area contributed by atoms with Gasteiger partial charge in [0.2, 0.25) is 17.7 Å². The number of hydrogen-bond acceptors (Lipinski definition) is 7. The second-order valence-corrected chi connectivity index (χ2v) is 6.93. The van der Waals surface area contributed by atoms with Crippen molar-refractivity contribution in [3.8, 4) is 0 Å². The fourth-order valence-corrected chi connectivity index (χ4v) is 3.56. The van der Waals surface area contributed by atoms with E-state index < -0.39 is 0 Å². The van der Waals surface area contributed by atoms with Crippen LogP contribution in [0.25, 0.3) is 0 Å². The lowest BCUT2D eigenvalue weighted by Crippen LogP contribution is -2.49. The monoisotopic (exact) mass is 383 g/mol. The zero-order valence-electron chi connectivity index (χ0n) is 15.6. The Hall–Kier alpha value is -3.07. The van der Waals surface area contributed by atoms with Gasteiger partial charge in [0.15, 0.2) is 0 Å². The van der Waals surface area contributed by atoms with Crippen LogP contribution in [0, 0.1) is 6.92 Å². The van der Waals surface area contributed by atoms with Gasteiger partial charge in [-0.1, -0.05) is 12.1 Å². The van der Waals surface area contributed by atoms with Gasteiger partial charge in [-0.05, 0) is 12.1 Å². The molecule has 1 aromatic heterocycles. The zero-order valence-corrected chi connectivity index (χ0v) is 15.6. The van der Waals surface area contributed by atoms with Crippen molar-refractivity contribution in [1.29, 1.82) is 0 Å². The van der Waals surface area contributed by atoms with Gasteiger partial charge in [0.1, 0.15) is 0 Å². The van der Waals surface area contributed by atoms with Crippen LogP contribution in [0.5, 0.6) is 0 Å². The topological polar surface area (TPSA) is 99.9 Å². The van der Waals surface area contributed by atoms with Crippen molar-refractivity contribution in [3.05, 3.63) is 47.2 Å². The largest absolute Gasteiger partial charge is 0.424 e. The Morgan fingerprint density at radius 1 is 1.04 bits per heavy atom. The van der Waals surface area contributed by atoms with Gasteiger partial charge < -0.3 is 9.32 Å². The minimum Gasteiger partial charge on any atom is -0.424 e. The first kappa shape index (κ1) is 18.3. The molecule has 0 radical (unpaired) electrons. The summed E-state index contributed by atoms with van der Waals surface area (Å²) in [5, 5.41) is 7.81. The van der Waals surface area contributed by atoms with Crippen molar-refractivity contribution in [2.75, 3.05) is 32.7 Å². The first-order chi connectivity index (χ1) is 13.5. The highest BCUT2D eigenvalue weighted by atomic mass is 16.4. The number of imide groups is 1. The molecule has 0 unspecified atom stereocenters. The third-order valence-electron chi connectivity index (χ3n) is 5.08. The molecule has 1 aromatic carbocycles. The van der Waals surface area contributed by atoms with Gasteiger partial charge in [-0.2, -0.15) is 0 Å². The first-order valence-electron chi connectivity index (χ1n) is 9.27. The summed E-state index contributed by atoms with van der Waals surface area (Å²) in [4.78, 5) is 42.4. The summed E-state index contributed by atoms with van der Waals surface area (Å²) >= 11 is 0. The first-order valence-corrected chi connectivity index (χ1v) is 9.27. The molecule has 2 aliphatic heterocycles. The fourth-order valence-electron chi connectivity index (χ4n) is 3.56. The van der Waals surface area contributed by atoms with Crippen LogP contribution in [0.2, 0.25) is 0 Å². The number of carbonyl (C=O) groups is 3. The van der Waals surface area contributed by atoms with Crippen molar-refractivity contribution < 1.29 is 18.8 Å². The third-order valence-corrected chi connectivity index (χ3v) is 5.08. The Balaban J connectivity index is 1.26. The van der Waals surface area contributed by atoms with Gasteiger partial charge in [-0.15, -0.1) is 10.2 Å². The molecule has 0 bridgehead atoms. The van der Waals surface area contributed by atoms with Crippen molar-refractivity contribution in [2.24, 2.45) is 0 Å². The molecule has 9 heteroatoms. The Kier molecular flexibility index (Phi) is 4.91. The molecule has 2 aliphatic rings. The maximum atomic E-state index is 12.5. The summed E-state index contributed by atoms with van der Waals surface area (Å²) in [6.07, 6.45) is 0.133.